The summed E-state index contributed by atoms with van der Waals surface area (Å²) in [6.45, 7) is 1.95. The molecule has 0 amide bonds. The van der Waals surface area contributed by atoms with E-state index in [-0.39, 0.29) is 11.9 Å². The van der Waals surface area contributed by atoms with Gasteiger partial charge < -0.3 is 5.32 Å². The van der Waals surface area contributed by atoms with Crippen LogP contribution < -0.4 is 5.32 Å². The summed E-state index contributed by atoms with van der Waals surface area (Å²) >= 11 is 1.46. The maximum absolute atomic E-state index is 14.1. The summed E-state index contributed by atoms with van der Waals surface area (Å²) in [7, 11) is 0. The smallest absolute Gasteiger partial charge is 0.212 e. The van der Waals surface area contributed by atoms with Crippen LogP contribution in [-0.4, -0.2) is 24.6 Å². The van der Waals surface area contributed by atoms with Crippen molar-refractivity contribution < 1.29 is 4.39 Å². The highest BCUT2D eigenvalue weighted by Gasteiger charge is 2.15. The van der Waals surface area contributed by atoms with E-state index in [1.54, 1.807) is 22.2 Å². The summed E-state index contributed by atoms with van der Waals surface area (Å²) in [5, 5.41) is 7.74. The number of halogens is 1. The minimum Gasteiger partial charge on any atom is -0.361 e. The molecule has 1 N–H and O–H groups in total. The number of hydrogen-bond donors (Lipinski definition) is 1. The molecule has 3 aromatic heterocycles. The number of nitrogens with zero attached hydrogens (tertiary/aromatic N) is 5. The summed E-state index contributed by atoms with van der Waals surface area (Å²) in [5.74, 6) is 0.111. The second-order valence-corrected chi connectivity index (χ2v) is 5.67. The Kier molecular flexibility index (Phi) is 2.97. The molecule has 3 heterocycles. The molecule has 0 bridgehead atoms. The fourth-order valence-electron chi connectivity index (χ4n) is 2.32. The lowest BCUT2D eigenvalue weighted by Gasteiger charge is -2.13. The van der Waals surface area contributed by atoms with E-state index in [1.807, 2.05) is 13.1 Å². The van der Waals surface area contributed by atoms with Gasteiger partial charge in [0.15, 0.2) is 0 Å². The quantitative estimate of drug-likeness (QED) is 0.629. The van der Waals surface area contributed by atoms with E-state index in [0.717, 1.165) is 10.7 Å². The first-order valence-corrected chi connectivity index (χ1v) is 7.55. The molecule has 0 aliphatic heterocycles. The molecule has 0 saturated carbocycles. The Morgan fingerprint density at radius 3 is 3.09 bits per heavy atom. The van der Waals surface area contributed by atoms with Gasteiger partial charge in [-0.05, 0) is 19.1 Å². The summed E-state index contributed by atoms with van der Waals surface area (Å²) in [5.41, 5.74) is 3.12. The number of fused-ring (bicyclic) bond motifs is 2. The highest BCUT2D eigenvalue weighted by Crippen LogP contribution is 2.26. The molecule has 8 heteroatoms. The Balaban J connectivity index is 1.72. The van der Waals surface area contributed by atoms with Gasteiger partial charge in [0.2, 0.25) is 4.96 Å². The monoisotopic (exact) mass is 314 g/mol. The number of aromatic nitrogens is 5. The highest BCUT2D eigenvalue weighted by atomic mass is 32.1. The number of nitrogens with one attached hydrogen (secondary N) is 1. The summed E-state index contributed by atoms with van der Waals surface area (Å²) in [6, 6.07) is 4.66. The molecule has 110 valence electrons. The van der Waals surface area contributed by atoms with E-state index in [0.29, 0.717) is 16.7 Å². The molecular formula is C14H11FN6S. The first kappa shape index (κ1) is 13.1. The average molecular weight is 314 g/mol. The maximum Gasteiger partial charge on any atom is 0.212 e. The van der Waals surface area contributed by atoms with Gasteiger partial charge in [0.25, 0.3) is 0 Å². The topological polar surface area (TPSA) is 68.0 Å². The van der Waals surface area contributed by atoms with E-state index in [2.05, 4.69) is 25.4 Å². The molecule has 4 aromatic rings. The Hall–Kier alpha value is -2.61. The minimum absolute atomic E-state index is 0.133. The molecule has 0 aliphatic carbocycles. The lowest BCUT2D eigenvalue weighted by atomic mass is 10.2. The van der Waals surface area contributed by atoms with E-state index in [9.17, 15) is 4.39 Å². The Morgan fingerprint density at radius 2 is 2.23 bits per heavy atom. The van der Waals surface area contributed by atoms with Crippen LogP contribution in [0.2, 0.25) is 0 Å². The molecule has 1 aromatic carbocycles. The van der Waals surface area contributed by atoms with Crippen LogP contribution in [0.1, 0.15) is 18.7 Å². The van der Waals surface area contributed by atoms with Gasteiger partial charge in [0, 0.05) is 0 Å². The Labute approximate surface area is 128 Å². The number of anilines is 1. The number of rotatable bonds is 3. The highest BCUT2D eigenvalue weighted by molar-refractivity contribution is 7.14. The summed E-state index contributed by atoms with van der Waals surface area (Å²) in [4.78, 5) is 13.6. The minimum atomic E-state index is -0.347. The van der Waals surface area contributed by atoms with Crippen molar-refractivity contribution in [2.45, 2.75) is 13.0 Å². The fourth-order valence-corrected chi connectivity index (χ4v) is 2.93. The number of imidazole rings is 1. The van der Waals surface area contributed by atoms with E-state index >= 15 is 0 Å². The normalized spacial score (nSPS) is 12.8. The first-order chi connectivity index (χ1) is 10.7. The molecule has 6 nitrogen and oxygen atoms in total. The third kappa shape index (κ3) is 2.08. The van der Waals surface area contributed by atoms with Crippen molar-refractivity contribution in [2.75, 3.05) is 5.32 Å². The van der Waals surface area contributed by atoms with Crippen molar-refractivity contribution in [2.24, 2.45) is 0 Å². The zero-order valence-corrected chi connectivity index (χ0v) is 12.4. The lowest BCUT2D eigenvalue weighted by molar-refractivity contribution is 0.639. The average Bonchev–Trinajstić information content (AvgIpc) is 3.08. The van der Waals surface area contributed by atoms with Gasteiger partial charge in [-0.1, -0.05) is 17.4 Å². The van der Waals surface area contributed by atoms with Gasteiger partial charge in [-0.2, -0.15) is 5.10 Å². The van der Waals surface area contributed by atoms with Gasteiger partial charge >= 0.3 is 0 Å². The standard InChI is InChI=1S/C14H11FN6S/c1-8(11-5-21-14(20-11)22-7-18-21)19-13-12-9(15)3-2-4-10(12)16-6-17-13/h2-8H,1H3,(H,16,17,19). The van der Waals surface area contributed by atoms with Gasteiger partial charge in [-0.15, -0.1) is 0 Å². The van der Waals surface area contributed by atoms with Gasteiger partial charge in [0.05, 0.1) is 28.8 Å². The van der Waals surface area contributed by atoms with Crippen LogP contribution in [0.3, 0.4) is 0 Å². The molecule has 0 aliphatic rings. The molecule has 22 heavy (non-hydrogen) atoms. The van der Waals surface area contributed by atoms with Crippen molar-refractivity contribution in [3.05, 3.63) is 47.7 Å². The molecule has 0 saturated heterocycles. The summed E-state index contributed by atoms with van der Waals surface area (Å²) < 4.78 is 15.8. The van der Waals surface area contributed by atoms with Crippen molar-refractivity contribution in [3.8, 4) is 0 Å². The third-order valence-corrected chi connectivity index (χ3v) is 4.10. The van der Waals surface area contributed by atoms with Gasteiger partial charge in [0.1, 0.15) is 23.5 Å². The van der Waals surface area contributed by atoms with Gasteiger partial charge in [-0.3, -0.25) is 0 Å². The van der Waals surface area contributed by atoms with Crippen LogP contribution in [-0.2, 0) is 0 Å². The van der Waals surface area contributed by atoms with Crippen molar-refractivity contribution in [1.82, 2.24) is 24.6 Å². The molecule has 1 unspecified atom stereocenters. The predicted octanol–water partition coefficient (Wildman–Crippen LogP) is 3.05. The predicted molar refractivity (Wildman–Crippen MR) is 82.4 cm³/mol. The second kappa shape index (κ2) is 4.99. The van der Waals surface area contributed by atoms with Crippen LogP contribution in [0, 0.1) is 5.82 Å². The van der Waals surface area contributed by atoms with Crippen LogP contribution in [0.4, 0.5) is 10.2 Å². The van der Waals surface area contributed by atoms with Gasteiger partial charge in [-0.25, -0.2) is 23.9 Å². The van der Waals surface area contributed by atoms with Crippen molar-refractivity contribution >= 4 is 33.0 Å². The molecule has 4 rings (SSSR count). The number of benzene rings is 1. The van der Waals surface area contributed by atoms with Crippen molar-refractivity contribution in [1.29, 1.82) is 0 Å². The molecular weight excluding hydrogens is 303 g/mol. The summed E-state index contributed by atoms with van der Waals surface area (Å²) in [6.07, 6.45) is 3.27. The number of hydrogen-bond acceptors (Lipinski definition) is 6. The zero-order chi connectivity index (χ0) is 15.1. The van der Waals surface area contributed by atoms with Crippen LogP contribution in [0.5, 0.6) is 0 Å². The Morgan fingerprint density at radius 1 is 1.32 bits per heavy atom. The molecule has 0 radical (unpaired) electrons. The second-order valence-electron chi connectivity index (χ2n) is 4.85. The van der Waals surface area contributed by atoms with E-state index in [1.165, 1.54) is 23.7 Å². The van der Waals surface area contributed by atoms with Crippen LogP contribution in [0.15, 0.2) is 36.2 Å². The first-order valence-electron chi connectivity index (χ1n) is 6.67. The lowest BCUT2D eigenvalue weighted by Crippen LogP contribution is -2.09. The third-order valence-electron chi connectivity index (χ3n) is 3.41. The van der Waals surface area contributed by atoms with E-state index in [4.69, 9.17) is 0 Å². The van der Waals surface area contributed by atoms with E-state index < -0.39 is 0 Å². The van der Waals surface area contributed by atoms with Crippen LogP contribution in [0.25, 0.3) is 15.9 Å². The maximum atomic E-state index is 14.1. The van der Waals surface area contributed by atoms with Crippen LogP contribution >= 0.6 is 11.3 Å². The molecule has 0 spiro atoms. The zero-order valence-electron chi connectivity index (χ0n) is 11.6. The SMILES string of the molecule is CC(Nc1ncnc2cccc(F)c12)c1cn2ncsc2n1. The largest absolute Gasteiger partial charge is 0.361 e. The molecule has 1 atom stereocenters. The molecule has 0 fully saturated rings. The fraction of sp³-hybridized carbons (Fsp3) is 0.143. The Bertz CT molecular complexity index is 928. The van der Waals surface area contributed by atoms with Crippen molar-refractivity contribution in [3.63, 3.8) is 0 Å².